The largest absolute Gasteiger partial charge is 0.449 e. The first-order valence-electron chi connectivity index (χ1n) is 9.58. The highest BCUT2D eigenvalue weighted by Gasteiger charge is 2.31. The predicted molar refractivity (Wildman–Crippen MR) is 107 cm³/mol. The first kappa shape index (κ1) is 21.4. The van der Waals surface area contributed by atoms with E-state index in [1.165, 1.54) is 18.3 Å². The van der Waals surface area contributed by atoms with Crippen molar-refractivity contribution < 1.29 is 19.1 Å². The number of hydrogen-bond donors (Lipinski definition) is 1. The zero-order valence-corrected chi connectivity index (χ0v) is 17.9. The van der Waals surface area contributed by atoms with Gasteiger partial charge in [0.2, 0.25) is 5.91 Å². The number of ether oxygens (including phenoxy) is 1. The predicted octanol–water partition coefficient (Wildman–Crippen LogP) is 3.78. The summed E-state index contributed by atoms with van der Waals surface area (Å²) in [4.78, 5) is 40.1. The number of esters is 1. The third kappa shape index (κ3) is 4.89. The van der Waals surface area contributed by atoms with Crippen molar-refractivity contribution in [1.29, 1.82) is 0 Å². The number of rotatable bonds is 6. The second-order valence-electron chi connectivity index (χ2n) is 7.58. The normalized spacial score (nSPS) is 14.7. The Morgan fingerprint density at radius 3 is 2.19 bits per heavy atom. The lowest BCUT2D eigenvalue weighted by atomic mass is 9.95. The third-order valence-electron chi connectivity index (χ3n) is 4.66. The van der Waals surface area contributed by atoms with Crippen LogP contribution in [0.25, 0.3) is 0 Å². The van der Waals surface area contributed by atoms with Crippen LogP contribution in [0.4, 0.5) is 5.00 Å². The lowest BCUT2D eigenvalue weighted by Gasteiger charge is -2.32. The van der Waals surface area contributed by atoms with E-state index in [0.717, 1.165) is 36.1 Å². The van der Waals surface area contributed by atoms with Gasteiger partial charge in [-0.15, -0.1) is 11.3 Å². The van der Waals surface area contributed by atoms with Crippen LogP contribution in [0.15, 0.2) is 0 Å². The van der Waals surface area contributed by atoms with E-state index in [0.29, 0.717) is 10.6 Å². The Morgan fingerprint density at radius 2 is 1.63 bits per heavy atom. The minimum Gasteiger partial charge on any atom is -0.449 e. The second kappa shape index (κ2) is 8.87. The summed E-state index contributed by atoms with van der Waals surface area (Å²) in [5.74, 6) is -0.970. The van der Waals surface area contributed by atoms with E-state index in [9.17, 15) is 14.4 Å². The van der Waals surface area contributed by atoms with Crippen molar-refractivity contribution >= 4 is 34.1 Å². The van der Waals surface area contributed by atoms with Gasteiger partial charge in [0.25, 0.3) is 5.91 Å². The van der Waals surface area contributed by atoms with Crippen molar-refractivity contribution in [2.45, 2.75) is 85.4 Å². The van der Waals surface area contributed by atoms with E-state index < -0.39 is 12.1 Å². The molecule has 2 amide bonds. The van der Waals surface area contributed by atoms with Crippen molar-refractivity contribution in [2.24, 2.45) is 0 Å². The van der Waals surface area contributed by atoms with Gasteiger partial charge >= 0.3 is 5.97 Å². The Labute approximate surface area is 165 Å². The molecule has 1 aromatic rings. The molecule has 0 bridgehead atoms. The van der Waals surface area contributed by atoms with E-state index in [4.69, 9.17) is 4.74 Å². The average molecular weight is 395 g/mol. The third-order valence-corrected chi connectivity index (χ3v) is 5.87. The molecule has 1 unspecified atom stereocenters. The number of carbonyl (C=O) groups is 3. The fourth-order valence-corrected chi connectivity index (χ4v) is 4.94. The highest BCUT2D eigenvalue weighted by atomic mass is 32.1. The summed E-state index contributed by atoms with van der Waals surface area (Å²) >= 11 is 1.44. The second-order valence-corrected chi connectivity index (χ2v) is 8.68. The molecule has 150 valence electrons. The summed E-state index contributed by atoms with van der Waals surface area (Å²) in [6.07, 6.45) is 2.90. The van der Waals surface area contributed by atoms with Crippen LogP contribution in [0, 0.1) is 0 Å². The van der Waals surface area contributed by atoms with Gasteiger partial charge in [0, 0.05) is 23.9 Å². The number of nitrogens with one attached hydrogen (secondary N) is 1. The van der Waals surface area contributed by atoms with Gasteiger partial charge in [-0.1, -0.05) is 0 Å². The number of anilines is 1. The Bertz CT molecular complexity index is 716. The molecule has 1 aliphatic rings. The van der Waals surface area contributed by atoms with Gasteiger partial charge < -0.3 is 15.0 Å². The van der Waals surface area contributed by atoms with Crippen molar-refractivity contribution in [3.05, 3.63) is 16.0 Å². The van der Waals surface area contributed by atoms with Gasteiger partial charge in [0.1, 0.15) is 5.00 Å². The molecule has 7 heteroatoms. The Balaban J connectivity index is 2.25. The van der Waals surface area contributed by atoms with Gasteiger partial charge in [-0.3, -0.25) is 9.59 Å². The molecule has 27 heavy (non-hydrogen) atoms. The number of nitrogens with zero attached hydrogens (tertiary/aromatic N) is 1. The van der Waals surface area contributed by atoms with E-state index >= 15 is 0 Å². The van der Waals surface area contributed by atoms with Crippen LogP contribution in [-0.4, -0.2) is 40.9 Å². The molecule has 1 aromatic heterocycles. The van der Waals surface area contributed by atoms with Crippen LogP contribution < -0.4 is 5.32 Å². The minimum absolute atomic E-state index is 0.0162. The molecule has 0 radical (unpaired) electrons. The summed E-state index contributed by atoms with van der Waals surface area (Å²) in [6, 6.07) is 0.0324. The molecule has 6 nitrogen and oxygen atoms in total. The molecule has 0 aliphatic heterocycles. The molecule has 1 aliphatic carbocycles. The van der Waals surface area contributed by atoms with Crippen LogP contribution in [0.1, 0.15) is 75.2 Å². The molecule has 1 heterocycles. The van der Waals surface area contributed by atoms with Crippen molar-refractivity contribution in [3.63, 3.8) is 0 Å². The molecule has 1 N–H and O–H groups in total. The SMILES string of the molecule is CC(=O)Nc1sc2c(c1C(=O)OC(C)C(=O)N(C(C)C)C(C)C)CCCC2. The van der Waals surface area contributed by atoms with Crippen LogP contribution in [0.3, 0.4) is 0 Å². The standard InChI is InChI=1S/C20H30N2O4S/c1-11(2)22(12(3)4)19(24)13(5)26-20(25)17-15-9-7-8-10-16(15)27-18(17)21-14(6)23/h11-13H,7-10H2,1-6H3,(H,21,23). The molecule has 0 fully saturated rings. The molecule has 0 aromatic carbocycles. The van der Waals surface area contributed by atoms with Gasteiger partial charge in [-0.05, 0) is 65.9 Å². The Hall–Kier alpha value is -1.89. The number of fused-ring (bicyclic) bond motifs is 1. The van der Waals surface area contributed by atoms with Gasteiger partial charge in [-0.2, -0.15) is 0 Å². The monoisotopic (exact) mass is 394 g/mol. The summed E-state index contributed by atoms with van der Waals surface area (Å²) in [5.41, 5.74) is 1.38. The number of aryl methyl sites for hydroxylation is 1. The van der Waals surface area contributed by atoms with E-state index in [-0.39, 0.29) is 23.9 Å². The molecule has 0 saturated carbocycles. The molecule has 0 spiro atoms. The first-order valence-corrected chi connectivity index (χ1v) is 10.4. The van der Waals surface area contributed by atoms with Crippen LogP contribution in [-0.2, 0) is 27.2 Å². The van der Waals surface area contributed by atoms with E-state index in [2.05, 4.69) is 5.32 Å². The van der Waals surface area contributed by atoms with Crippen LogP contribution in [0.5, 0.6) is 0 Å². The molecular weight excluding hydrogens is 364 g/mol. The van der Waals surface area contributed by atoms with Gasteiger partial charge in [0.05, 0.1) is 5.56 Å². The summed E-state index contributed by atoms with van der Waals surface area (Å²) in [7, 11) is 0. The molecule has 1 atom stereocenters. The Kier molecular flexibility index (Phi) is 7.03. The van der Waals surface area contributed by atoms with Crippen molar-refractivity contribution in [3.8, 4) is 0 Å². The summed E-state index contributed by atoms with van der Waals surface area (Å²) < 4.78 is 5.55. The fraction of sp³-hybridized carbons (Fsp3) is 0.650. The van der Waals surface area contributed by atoms with E-state index in [1.807, 2.05) is 27.7 Å². The highest BCUT2D eigenvalue weighted by molar-refractivity contribution is 7.17. The average Bonchev–Trinajstić information content (AvgIpc) is 2.90. The molecule has 2 rings (SSSR count). The summed E-state index contributed by atoms with van der Waals surface area (Å²) in [5, 5.41) is 3.29. The van der Waals surface area contributed by atoms with Crippen molar-refractivity contribution in [2.75, 3.05) is 5.32 Å². The number of amides is 2. The number of carbonyl (C=O) groups excluding carboxylic acids is 3. The topological polar surface area (TPSA) is 75.7 Å². The maximum absolute atomic E-state index is 12.9. The molecule has 0 saturated heterocycles. The zero-order valence-electron chi connectivity index (χ0n) is 17.0. The lowest BCUT2D eigenvalue weighted by molar-refractivity contribution is -0.143. The van der Waals surface area contributed by atoms with Crippen LogP contribution in [0.2, 0.25) is 0 Å². The van der Waals surface area contributed by atoms with Gasteiger partial charge in [0.15, 0.2) is 6.10 Å². The fourth-order valence-electron chi connectivity index (χ4n) is 3.61. The van der Waals surface area contributed by atoms with Gasteiger partial charge in [-0.25, -0.2) is 4.79 Å². The lowest BCUT2D eigenvalue weighted by Crippen LogP contribution is -2.47. The first-order chi connectivity index (χ1) is 12.6. The minimum atomic E-state index is -0.883. The quantitative estimate of drug-likeness (QED) is 0.745. The van der Waals surface area contributed by atoms with Crippen molar-refractivity contribution in [1.82, 2.24) is 4.90 Å². The molecular formula is C20H30N2O4S. The smallest absolute Gasteiger partial charge is 0.342 e. The maximum Gasteiger partial charge on any atom is 0.342 e. The van der Waals surface area contributed by atoms with E-state index in [1.54, 1.807) is 11.8 Å². The Morgan fingerprint density at radius 1 is 1.04 bits per heavy atom. The maximum atomic E-state index is 12.9. The number of hydrogen-bond acceptors (Lipinski definition) is 5. The summed E-state index contributed by atoms with van der Waals surface area (Å²) in [6.45, 7) is 10.8. The number of thiophene rings is 1. The van der Waals surface area contributed by atoms with Crippen LogP contribution >= 0.6 is 11.3 Å². The zero-order chi connectivity index (χ0) is 20.3. The highest BCUT2D eigenvalue weighted by Crippen LogP contribution is 2.38.